The van der Waals surface area contributed by atoms with Crippen LogP contribution in [0.1, 0.15) is 67.1 Å². The van der Waals surface area contributed by atoms with E-state index in [4.69, 9.17) is 4.74 Å². The number of aromatic amines is 1. The van der Waals surface area contributed by atoms with E-state index in [9.17, 15) is 8.42 Å². The van der Waals surface area contributed by atoms with Crippen LogP contribution in [0.4, 0.5) is 0 Å². The number of aromatic nitrogens is 2. The minimum atomic E-state index is -3.18. The van der Waals surface area contributed by atoms with Crippen molar-refractivity contribution in [1.29, 1.82) is 0 Å². The number of benzene rings is 1. The Hall–Kier alpha value is -2.00. The Balaban J connectivity index is 1.42. The number of hydrogen-bond acceptors (Lipinski definition) is 6. The summed E-state index contributed by atoms with van der Waals surface area (Å²) in [5.41, 5.74) is 3.34. The number of rotatable bonds is 9. The van der Waals surface area contributed by atoms with Crippen LogP contribution in [0.5, 0.6) is 0 Å². The molecule has 1 saturated carbocycles. The molecule has 0 radical (unpaired) electrons. The van der Waals surface area contributed by atoms with Crippen molar-refractivity contribution in [1.82, 2.24) is 14.9 Å². The van der Waals surface area contributed by atoms with Crippen LogP contribution in [-0.2, 0) is 14.6 Å². The average Bonchev–Trinajstić information content (AvgIpc) is 3.43. The zero-order chi connectivity index (χ0) is 24.6. The second kappa shape index (κ2) is 10.2. The van der Waals surface area contributed by atoms with E-state index >= 15 is 0 Å². The van der Waals surface area contributed by atoms with E-state index in [0.29, 0.717) is 16.9 Å². The third kappa shape index (κ3) is 5.40. The fourth-order valence-electron chi connectivity index (χ4n) is 4.82. The van der Waals surface area contributed by atoms with E-state index in [-0.39, 0.29) is 11.2 Å². The normalized spacial score (nSPS) is 19.2. The van der Waals surface area contributed by atoms with Crippen molar-refractivity contribution in [2.45, 2.75) is 61.1 Å². The number of nitrogens with zero attached hydrogens (tertiary/aromatic N) is 2. The molecule has 188 valence electrons. The Morgan fingerprint density at radius 1 is 1.09 bits per heavy atom. The van der Waals surface area contributed by atoms with E-state index < -0.39 is 9.84 Å². The minimum Gasteiger partial charge on any atom is -0.381 e. The predicted octanol–water partition coefficient (Wildman–Crippen LogP) is 5.65. The highest BCUT2D eigenvalue weighted by Crippen LogP contribution is 2.38. The Morgan fingerprint density at radius 3 is 2.46 bits per heavy atom. The highest BCUT2D eigenvalue weighted by Gasteiger charge is 2.37. The van der Waals surface area contributed by atoms with Crippen molar-refractivity contribution >= 4 is 21.2 Å². The van der Waals surface area contributed by atoms with Crippen molar-refractivity contribution in [3.63, 3.8) is 0 Å². The van der Waals surface area contributed by atoms with Crippen LogP contribution in [0.15, 0.2) is 47.5 Å². The van der Waals surface area contributed by atoms with Gasteiger partial charge in [0.15, 0.2) is 9.84 Å². The summed E-state index contributed by atoms with van der Waals surface area (Å²) in [6, 6.07) is 12.3. The first kappa shape index (κ1) is 24.7. The van der Waals surface area contributed by atoms with Crippen LogP contribution in [0.3, 0.4) is 0 Å². The van der Waals surface area contributed by atoms with E-state index in [2.05, 4.69) is 48.0 Å². The van der Waals surface area contributed by atoms with E-state index in [0.717, 1.165) is 67.3 Å². The molecule has 2 aliphatic rings. The monoisotopic (exact) mass is 513 g/mol. The maximum atomic E-state index is 12.7. The molecule has 1 aliphatic carbocycles. The first-order valence-corrected chi connectivity index (χ1v) is 14.9. The Kier molecular flexibility index (Phi) is 7.17. The Labute approximate surface area is 212 Å². The van der Waals surface area contributed by atoms with Gasteiger partial charge in [0.25, 0.3) is 0 Å². The molecule has 1 aromatic carbocycles. The van der Waals surface area contributed by atoms with E-state index in [1.165, 1.54) is 4.88 Å². The van der Waals surface area contributed by atoms with Gasteiger partial charge in [0.1, 0.15) is 5.01 Å². The third-order valence-electron chi connectivity index (χ3n) is 7.51. The number of ether oxygens (including phenoxy) is 1. The second-order valence-electron chi connectivity index (χ2n) is 10.2. The maximum Gasteiger partial charge on any atom is 0.181 e. The van der Waals surface area contributed by atoms with Crippen molar-refractivity contribution in [2.24, 2.45) is 5.92 Å². The number of nitrogens with one attached hydrogen (secondary N) is 1. The van der Waals surface area contributed by atoms with Crippen molar-refractivity contribution in [3.8, 4) is 10.7 Å². The van der Waals surface area contributed by atoms with Gasteiger partial charge in [-0.05, 0) is 88.9 Å². The van der Waals surface area contributed by atoms with Gasteiger partial charge in [-0.15, -0.1) is 11.3 Å². The molecular formula is C27H35N3O3S2. The lowest BCUT2D eigenvalue weighted by atomic mass is 9.83. The van der Waals surface area contributed by atoms with Gasteiger partial charge in [0.2, 0.25) is 0 Å². The molecule has 2 atom stereocenters. The number of sulfone groups is 1. The lowest BCUT2D eigenvalue weighted by Gasteiger charge is -2.27. The minimum absolute atomic E-state index is 0.171. The molecule has 2 fully saturated rings. The summed E-state index contributed by atoms with van der Waals surface area (Å²) in [6.45, 7) is 3.82. The largest absolute Gasteiger partial charge is 0.381 e. The standard InChI is InChI=1S/C27H35N3O3S2/c1-18(30(2)3)26-17-28-27(34-26)25-11-10-24(29-25)23(16-19-12-14-33-15-13-19)20-4-6-21(7-5-20)35(31,32)22-8-9-22/h4-7,10-11,17-19,22-23,29H,8-9,12-16H2,1-3H3. The zero-order valence-corrected chi connectivity index (χ0v) is 22.4. The Morgan fingerprint density at radius 2 is 1.80 bits per heavy atom. The molecular weight excluding hydrogens is 478 g/mol. The van der Waals surface area contributed by atoms with Crippen LogP contribution in [0.25, 0.3) is 10.7 Å². The molecule has 3 heterocycles. The number of thiazole rings is 1. The fraction of sp³-hybridized carbons (Fsp3) is 0.519. The van der Waals surface area contributed by atoms with Gasteiger partial charge in [-0.25, -0.2) is 13.4 Å². The first-order valence-electron chi connectivity index (χ1n) is 12.6. The second-order valence-corrected chi connectivity index (χ2v) is 13.5. The van der Waals surface area contributed by atoms with Gasteiger partial charge in [-0.2, -0.15) is 0 Å². The molecule has 0 bridgehead atoms. The van der Waals surface area contributed by atoms with Crippen molar-refractivity contribution in [3.05, 3.63) is 58.7 Å². The van der Waals surface area contributed by atoms with Crippen LogP contribution in [0.2, 0.25) is 0 Å². The summed E-state index contributed by atoms with van der Waals surface area (Å²) in [5.74, 6) is 0.757. The molecule has 35 heavy (non-hydrogen) atoms. The van der Waals surface area contributed by atoms with E-state index in [1.807, 2.05) is 18.3 Å². The summed E-state index contributed by atoms with van der Waals surface area (Å²) in [5, 5.41) is 0.811. The smallest absolute Gasteiger partial charge is 0.181 e. The van der Waals surface area contributed by atoms with Gasteiger partial charge in [0, 0.05) is 41.9 Å². The van der Waals surface area contributed by atoms with Gasteiger partial charge in [0.05, 0.1) is 15.8 Å². The summed E-state index contributed by atoms with van der Waals surface area (Å²) in [7, 11) is 0.987. The fourth-order valence-corrected chi connectivity index (χ4v) is 7.52. The molecule has 6 nitrogen and oxygen atoms in total. The van der Waals surface area contributed by atoms with Crippen LogP contribution in [0, 0.1) is 5.92 Å². The van der Waals surface area contributed by atoms with Crippen LogP contribution >= 0.6 is 11.3 Å². The lowest BCUT2D eigenvalue weighted by Crippen LogP contribution is -2.19. The van der Waals surface area contributed by atoms with Crippen molar-refractivity contribution < 1.29 is 13.2 Å². The highest BCUT2D eigenvalue weighted by atomic mass is 32.2. The molecule has 2 unspecified atom stereocenters. The first-order chi connectivity index (χ1) is 16.8. The molecule has 5 rings (SSSR count). The zero-order valence-electron chi connectivity index (χ0n) is 20.7. The van der Waals surface area contributed by atoms with Crippen LogP contribution < -0.4 is 0 Å². The lowest BCUT2D eigenvalue weighted by molar-refractivity contribution is 0.0626. The summed E-state index contributed by atoms with van der Waals surface area (Å²) >= 11 is 1.72. The van der Waals surface area contributed by atoms with Gasteiger partial charge in [-0.1, -0.05) is 12.1 Å². The summed E-state index contributed by atoms with van der Waals surface area (Å²) < 4.78 is 31.0. The quantitative estimate of drug-likeness (QED) is 0.400. The third-order valence-corrected chi connectivity index (χ3v) is 11.0. The summed E-state index contributed by atoms with van der Waals surface area (Å²) in [6.07, 6.45) is 6.69. The molecule has 1 saturated heterocycles. The maximum absolute atomic E-state index is 12.7. The van der Waals surface area contributed by atoms with E-state index in [1.54, 1.807) is 23.5 Å². The van der Waals surface area contributed by atoms with Gasteiger partial charge in [-0.3, -0.25) is 0 Å². The summed E-state index contributed by atoms with van der Waals surface area (Å²) in [4.78, 5) is 12.2. The molecule has 2 aromatic heterocycles. The van der Waals surface area contributed by atoms with Crippen LogP contribution in [-0.4, -0.2) is 55.8 Å². The predicted molar refractivity (Wildman–Crippen MR) is 141 cm³/mol. The Bertz CT molecular complexity index is 1240. The topological polar surface area (TPSA) is 75.3 Å². The van der Waals surface area contributed by atoms with Gasteiger partial charge >= 0.3 is 0 Å². The molecule has 0 amide bonds. The average molecular weight is 514 g/mol. The highest BCUT2D eigenvalue weighted by molar-refractivity contribution is 7.92. The van der Waals surface area contributed by atoms with Gasteiger partial charge < -0.3 is 14.6 Å². The molecule has 0 spiro atoms. The molecule has 1 aliphatic heterocycles. The number of hydrogen-bond donors (Lipinski definition) is 1. The molecule has 3 aromatic rings. The SMILES string of the molecule is CC(c1cnc(-c2ccc(C(CC3CCOCC3)c3ccc(S(=O)(=O)C4CC4)cc3)[nH]2)s1)N(C)C. The van der Waals surface area contributed by atoms with Crippen molar-refractivity contribution in [2.75, 3.05) is 27.3 Å². The number of H-pyrrole nitrogens is 1. The molecule has 1 N–H and O–H groups in total. The molecule has 8 heteroatoms.